The second-order valence-electron chi connectivity index (χ2n) is 6.33. The van der Waals surface area contributed by atoms with Crippen molar-refractivity contribution in [1.82, 2.24) is 15.0 Å². The van der Waals surface area contributed by atoms with E-state index in [0.717, 1.165) is 29.1 Å². The van der Waals surface area contributed by atoms with Crippen LogP contribution in [0.4, 0.5) is 16.0 Å². The average molecular weight is 450 g/mol. The highest BCUT2D eigenvalue weighted by atomic mass is 32.2. The summed E-state index contributed by atoms with van der Waals surface area (Å²) in [5.41, 5.74) is 13.4. The predicted molar refractivity (Wildman–Crippen MR) is 120 cm³/mol. The fraction of sp³-hybridized carbons (Fsp3) is 0.350. The molecule has 7 nitrogen and oxygen atoms in total. The molecule has 4 N–H and O–H groups in total. The third-order valence-electron chi connectivity index (χ3n) is 4.08. The summed E-state index contributed by atoms with van der Waals surface area (Å²) < 4.78 is 23.3. The standard InChI is InChI=1S/C20H24FN5O2S2/c1-3-4-16-13(11-29-20-25-17(22)10-18(23)26-20)24-19(30-16)12-5-6-14(27-2)15(9-12)28-8-7-21/h5-6,9-10H,3-4,7-8,11H2,1-2H3,(H4,22,23,25,26). The Labute approximate surface area is 183 Å². The summed E-state index contributed by atoms with van der Waals surface area (Å²) in [6.45, 7) is 1.54. The molecule has 3 rings (SSSR count). The lowest BCUT2D eigenvalue weighted by atomic mass is 10.2. The van der Waals surface area contributed by atoms with Gasteiger partial charge in [-0.15, -0.1) is 11.3 Å². The van der Waals surface area contributed by atoms with Crippen LogP contribution in [-0.4, -0.2) is 35.3 Å². The molecule has 3 aromatic rings. The highest BCUT2D eigenvalue weighted by Gasteiger charge is 2.15. The maximum Gasteiger partial charge on any atom is 0.191 e. The number of thiazole rings is 1. The largest absolute Gasteiger partial charge is 0.493 e. The highest BCUT2D eigenvalue weighted by Crippen LogP contribution is 2.37. The normalized spacial score (nSPS) is 10.9. The minimum absolute atomic E-state index is 0.0238. The van der Waals surface area contributed by atoms with Crippen molar-refractivity contribution in [2.45, 2.75) is 30.7 Å². The van der Waals surface area contributed by atoms with Gasteiger partial charge in [0, 0.05) is 22.3 Å². The van der Waals surface area contributed by atoms with Crippen LogP contribution in [0.25, 0.3) is 10.6 Å². The lowest BCUT2D eigenvalue weighted by Crippen LogP contribution is -2.00. The number of rotatable bonds is 10. The molecular weight excluding hydrogens is 425 g/mol. The molecule has 160 valence electrons. The van der Waals surface area contributed by atoms with Crippen molar-refractivity contribution in [3.05, 3.63) is 34.8 Å². The molecule has 0 spiro atoms. The van der Waals surface area contributed by atoms with Crippen molar-refractivity contribution < 1.29 is 13.9 Å². The van der Waals surface area contributed by atoms with Gasteiger partial charge >= 0.3 is 0 Å². The molecule has 0 unspecified atom stereocenters. The molecule has 30 heavy (non-hydrogen) atoms. The van der Waals surface area contributed by atoms with Crippen molar-refractivity contribution in [2.75, 3.05) is 31.9 Å². The van der Waals surface area contributed by atoms with Gasteiger partial charge in [0.1, 0.15) is 29.9 Å². The van der Waals surface area contributed by atoms with Crippen molar-refractivity contribution in [2.24, 2.45) is 0 Å². The van der Waals surface area contributed by atoms with Crippen molar-refractivity contribution in [3.8, 4) is 22.1 Å². The Morgan fingerprint density at radius 2 is 1.87 bits per heavy atom. The number of alkyl halides is 1. The molecule has 0 bridgehead atoms. The number of aromatic nitrogens is 3. The van der Waals surface area contributed by atoms with E-state index < -0.39 is 6.67 Å². The third kappa shape index (κ3) is 5.51. The Morgan fingerprint density at radius 3 is 2.53 bits per heavy atom. The molecule has 0 saturated heterocycles. The van der Waals surface area contributed by atoms with Crippen molar-refractivity contribution in [1.29, 1.82) is 0 Å². The van der Waals surface area contributed by atoms with Gasteiger partial charge in [0.25, 0.3) is 0 Å². The summed E-state index contributed by atoms with van der Waals surface area (Å²) >= 11 is 3.09. The van der Waals surface area contributed by atoms with Gasteiger partial charge < -0.3 is 20.9 Å². The van der Waals surface area contributed by atoms with Crippen LogP contribution < -0.4 is 20.9 Å². The molecule has 1 aromatic carbocycles. The van der Waals surface area contributed by atoms with Crippen LogP contribution in [0, 0.1) is 0 Å². The van der Waals surface area contributed by atoms with E-state index in [4.69, 9.17) is 25.9 Å². The van der Waals surface area contributed by atoms with Crippen LogP contribution in [-0.2, 0) is 12.2 Å². The lowest BCUT2D eigenvalue weighted by Gasteiger charge is -2.10. The number of thioether (sulfide) groups is 1. The van der Waals surface area contributed by atoms with Gasteiger partial charge in [0.2, 0.25) is 0 Å². The number of nitrogen functional groups attached to an aromatic ring is 2. The first-order valence-electron chi connectivity index (χ1n) is 9.42. The number of hydrogen-bond acceptors (Lipinski definition) is 9. The summed E-state index contributed by atoms with van der Waals surface area (Å²) in [6, 6.07) is 7.09. The van der Waals surface area contributed by atoms with E-state index in [0.29, 0.717) is 34.0 Å². The number of anilines is 2. The van der Waals surface area contributed by atoms with E-state index in [2.05, 4.69) is 16.9 Å². The molecule has 0 aliphatic rings. The van der Waals surface area contributed by atoms with Crippen LogP contribution in [0.3, 0.4) is 0 Å². The molecule has 10 heteroatoms. The first kappa shape index (κ1) is 22.1. The number of methoxy groups -OCH3 is 1. The summed E-state index contributed by atoms with van der Waals surface area (Å²) in [5.74, 6) is 2.36. The van der Waals surface area contributed by atoms with E-state index >= 15 is 0 Å². The van der Waals surface area contributed by atoms with Crippen LogP contribution >= 0.6 is 23.1 Å². The van der Waals surface area contributed by atoms with Crippen LogP contribution in [0.5, 0.6) is 11.5 Å². The molecule has 0 fully saturated rings. The Bertz CT molecular complexity index is 979. The predicted octanol–water partition coefficient (Wildman–Crippen LogP) is 4.37. The van der Waals surface area contributed by atoms with Crippen LogP contribution in [0.2, 0.25) is 0 Å². The fourth-order valence-electron chi connectivity index (χ4n) is 2.77. The SMILES string of the molecule is CCCc1sc(-c2ccc(OC)c(OCCF)c2)nc1CSc1nc(N)cc(N)n1. The average Bonchev–Trinajstić information content (AvgIpc) is 3.13. The zero-order valence-electron chi connectivity index (χ0n) is 16.9. The number of hydrogen-bond donors (Lipinski definition) is 2. The van der Waals surface area contributed by atoms with Gasteiger partial charge in [-0.05, 0) is 24.6 Å². The first-order valence-corrected chi connectivity index (χ1v) is 11.2. The molecule has 0 aliphatic carbocycles. The maximum absolute atomic E-state index is 12.5. The van der Waals surface area contributed by atoms with Gasteiger partial charge in [-0.25, -0.2) is 19.3 Å². The van der Waals surface area contributed by atoms with Gasteiger partial charge in [0.05, 0.1) is 12.8 Å². The maximum atomic E-state index is 12.5. The van der Waals surface area contributed by atoms with Gasteiger partial charge in [0.15, 0.2) is 16.7 Å². The third-order valence-corrected chi connectivity index (χ3v) is 6.15. The van der Waals surface area contributed by atoms with E-state index in [-0.39, 0.29) is 6.61 Å². The minimum Gasteiger partial charge on any atom is -0.493 e. The van der Waals surface area contributed by atoms with Gasteiger partial charge in [-0.1, -0.05) is 25.1 Å². The first-order chi connectivity index (χ1) is 14.5. The second-order valence-corrected chi connectivity index (χ2v) is 8.36. The van der Waals surface area contributed by atoms with E-state index in [9.17, 15) is 4.39 Å². The Balaban J connectivity index is 1.86. The van der Waals surface area contributed by atoms with E-state index in [1.807, 2.05) is 18.2 Å². The van der Waals surface area contributed by atoms with E-state index in [1.54, 1.807) is 18.4 Å². The Morgan fingerprint density at radius 1 is 1.10 bits per heavy atom. The van der Waals surface area contributed by atoms with Gasteiger partial charge in [-0.2, -0.15) is 0 Å². The molecule has 0 amide bonds. The van der Waals surface area contributed by atoms with Gasteiger partial charge in [-0.3, -0.25) is 0 Å². The highest BCUT2D eigenvalue weighted by molar-refractivity contribution is 7.98. The smallest absolute Gasteiger partial charge is 0.191 e. The number of benzene rings is 1. The molecular formula is C20H24FN5O2S2. The van der Waals surface area contributed by atoms with Crippen molar-refractivity contribution >= 4 is 34.7 Å². The van der Waals surface area contributed by atoms with Crippen molar-refractivity contribution in [3.63, 3.8) is 0 Å². The number of halogens is 1. The summed E-state index contributed by atoms with van der Waals surface area (Å²) in [5, 5.41) is 1.39. The zero-order valence-corrected chi connectivity index (χ0v) is 18.5. The number of aryl methyl sites for hydroxylation is 1. The van der Waals surface area contributed by atoms with E-state index in [1.165, 1.54) is 22.7 Å². The minimum atomic E-state index is -0.566. The molecule has 0 aliphatic heterocycles. The monoisotopic (exact) mass is 449 g/mol. The molecule has 2 aromatic heterocycles. The molecule has 0 radical (unpaired) electrons. The summed E-state index contributed by atoms with van der Waals surface area (Å²) in [7, 11) is 1.56. The fourth-order valence-corrected chi connectivity index (χ4v) is 4.88. The molecule has 2 heterocycles. The Kier molecular flexibility index (Phi) is 7.69. The topological polar surface area (TPSA) is 109 Å². The molecule has 0 saturated carbocycles. The number of nitrogens with two attached hydrogens (primary N) is 2. The quantitative estimate of drug-likeness (QED) is 0.347. The number of nitrogens with zero attached hydrogens (tertiary/aromatic N) is 3. The lowest BCUT2D eigenvalue weighted by molar-refractivity contribution is 0.260. The van der Waals surface area contributed by atoms with Crippen LogP contribution in [0.15, 0.2) is 29.4 Å². The Hall–Kier alpha value is -2.59. The number of ether oxygens (including phenoxy) is 2. The summed E-state index contributed by atoms with van der Waals surface area (Å²) in [6.07, 6.45) is 1.93. The second kappa shape index (κ2) is 10.4. The van der Waals surface area contributed by atoms with Crippen LogP contribution in [0.1, 0.15) is 23.9 Å². The zero-order chi connectivity index (χ0) is 21.5. The summed E-state index contributed by atoms with van der Waals surface area (Å²) in [4.78, 5) is 14.5. The molecule has 0 atom stereocenters.